The number of fused-ring (bicyclic) bond motifs is 1. The van der Waals surface area contributed by atoms with E-state index in [-0.39, 0.29) is 23.9 Å². The van der Waals surface area contributed by atoms with Gasteiger partial charge in [-0.2, -0.15) is 0 Å². The molecule has 0 bridgehead atoms. The summed E-state index contributed by atoms with van der Waals surface area (Å²) in [6.07, 6.45) is 0.757. The molecule has 0 aromatic heterocycles. The molecule has 23 heavy (non-hydrogen) atoms. The number of carbonyl (C=O) groups excluding carboxylic acids is 1. The van der Waals surface area contributed by atoms with Crippen molar-refractivity contribution in [2.75, 3.05) is 13.2 Å². The first kappa shape index (κ1) is 15.3. The van der Waals surface area contributed by atoms with Crippen molar-refractivity contribution in [3.8, 4) is 0 Å². The molecule has 122 valence electrons. The van der Waals surface area contributed by atoms with Crippen LogP contribution in [0.2, 0.25) is 0 Å². The van der Waals surface area contributed by atoms with Crippen LogP contribution in [0.15, 0.2) is 24.3 Å². The van der Waals surface area contributed by atoms with E-state index in [0.29, 0.717) is 24.8 Å². The maximum absolute atomic E-state index is 12.0. The zero-order valence-electron chi connectivity index (χ0n) is 12.3. The Morgan fingerprint density at radius 1 is 1.26 bits per heavy atom. The number of ether oxygens (including phenoxy) is 1. The summed E-state index contributed by atoms with van der Waals surface area (Å²) in [7, 11) is 0. The molecule has 3 rings (SSSR count). The van der Waals surface area contributed by atoms with Gasteiger partial charge in [0.1, 0.15) is 6.61 Å². The summed E-state index contributed by atoms with van der Waals surface area (Å²) in [6, 6.07) is 4.80. The standard InChI is InChI=1S/C15H16N2O6/c18-14(9-1-3-12(4-2-9)17(21)22)23-8-13-6-10-5-11(10)7-16(13)15(19)20/h1-4,10-11,13H,5-8H2,(H,19,20). The molecule has 2 aliphatic rings. The van der Waals surface area contributed by atoms with Gasteiger partial charge in [0.05, 0.1) is 16.5 Å². The Morgan fingerprint density at radius 3 is 2.57 bits per heavy atom. The Kier molecular flexibility index (Phi) is 3.89. The third kappa shape index (κ3) is 3.25. The van der Waals surface area contributed by atoms with E-state index in [4.69, 9.17) is 4.74 Å². The number of likely N-dealkylation sites (tertiary alicyclic amines) is 1. The van der Waals surface area contributed by atoms with Crippen LogP contribution in [-0.4, -0.2) is 46.2 Å². The molecule has 1 aliphatic heterocycles. The van der Waals surface area contributed by atoms with Gasteiger partial charge in [0.2, 0.25) is 0 Å². The van der Waals surface area contributed by atoms with E-state index in [9.17, 15) is 24.8 Å². The van der Waals surface area contributed by atoms with Crippen LogP contribution in [0.1, 0.15) is 23.2 Å². The van der Waals surface area contributed by atoms with Crippen molar-refractivity contribution in [3.63, 3.8) is 0 Å². The minimum absolute atomic E-state index is 0.00530. The maximum Gasteiger partial charge on any atom is 0.407 e. The summed E-state index contributed by atoms with van der Waals surface area (Å²) in [6.45, 7) is 0.505. The Morgan fingerprint density at radius 2 is 1.96 bits per heavy atom. The Balaban J connectivity index is 1.59. The molecular formula is C15H16N2O6. The zero-order valence-corrected chi connectivity index (χ0v) is 12.3. The molecule has 0 spiro atoms. The van der Waals surface area contributed by atoms with E-state index in [0.717, 1.165) is 6.42 Å². The Bertz CT molecular complexity index is 644. The second-order valence-electron chi connectivity index (χ2n) is 5.98. The van der Waals surface area contributed by atoms with E-state index < -0.39 is 17.0 Å². The second-order valence-corrected chi connectivity index (χ2v) is 5.98. The molecule has 2 fully saturated rings. The van der Waals surface area contributed by atoms with Crippen molar-refractivity contribution < 1.29 is 24.4 Å². The third-order valence-electron chi connectivity index (χ3n) is 4.48. The lowest BCUT2D eigenvalue weighted by Gasteiger charge is -2.32. The molecule has 3 atom stereocenters. The van der Waals surface area contributed by atoms with Crippen molar-refractivity contribution in [1.82, 2.24) is 4.90 Å². The molecule has 1 heterocycles. The highest BCUT2D eigenvalue weighted by Gasteiger charge is 2.47. The first-order valence-electron chi connectivity index (χ1n) is 7.37. The van der Waals surface area contributed by atoms with Crippen molar-refractivity contribution >= 4 is 17.7 Å². The highest BCUT2D eigenvalue weighted by molar-refractivity contribution is 5.89. The quantitative estimate of drug-likeness (QED) is 0.517. The van der Waals surface area contributed by atoms with E-state index in [1.54, 1.807) is 0 Å². The van der Waals surface area contributed by atoms with Crippen molar-refractivity contribution in [2.45, 2.75) is 18.9 Å². The number of carbonyl (C=O) groups is 2. The van der Waals surface area contributed by atoms with Crippen molar-refractivity contribution in [2.24, 2.45) is 11.8 Å². The number of esters is 1. The fourth-order valence-electron chi connectivity index (χ4n) is 3.07. The van der Waals surface area contributed by atoms with Gasteiger partial charge < -0.3 is 14.7 Å². The van der Waals surface area contributed by atoms with Crippen LogP contribution in [0.4, 0.5) is 10.5 Å². The highest BCUT2D eigenvalue weighted by Crippen LogP contribution is 2.47. The number of nitrogens with zero attached hydrogens (tertiary/aromatic N) is 2. The SMILES string of the molecule is O=C(OCC1CC2CC2CN1C(=O)O)c1ccc([N+](=O)[O-])cc1. The van der Waals surface area contributed by atoms with Gasteiger partial charge in [0.25, 0.3) is 5.69 Å². The Hall–Kier alpha value is -2.64. The number of nitro groups is 1. The van der Waals surface area contributed by atoms with Crippen LogP contribution in [0.5, 0.6) is 0 Å². The summed E-state index contributed by atoms with van der Waals surface area (Å²) in [5, 5.41) is 19.8. The number of rotatable bonds is 4. The first-order chi connectivity index (χ1) is 11.0. The summed E-state index contributed by atoms with van der Waals surface area (Å²) < 4.78 is 5.20. The number of amides is 1. The normalized spacial score (nSPS) is 25.4. The van der Waals surface area contributed by atoms with Crippen LogP contribution < -0.4 is 0 Å². The average Bonchev–Trinajstić information content (AvgIpc) is 3.29. The molecule has 1 aliphatic carbocycles. The summed E-state index contributed by atoms with van der Waals surface area (Å²) in [5.74, 6) is 0.379. The van der Waals surface area contributed by atoms with Crippen molar-refractivity contribution in [1.29, 1.82) is 0 Å². The van der Waals surface area contributed by atoms with E-state index >= 15 is 0 Å². The van der Waals surface area contributed by atoms with Gasteiger partial charge in [-0.25, -0.2) is 9.59 Å². The fourth-order valence-corrected chi connectivity index (χ4v) is 3.07. The molecule has 1 N–H and O–H groups in total. The Labute approximate surface area is 131 Å². The number of hydrogen-bond donors (Lipinski definition) is 1. The smallest absolute Gasteiger partial charge is 0.407 e. The van der Waals surface area contributed by atoms with Gasteiger partial charge in [0.15, 0.2) is 0 Å². The third-order valence-corrected chi connectivity index (χ3v) is 4.48. The predicted octanol–water partition coefficient (Wildman–Crippen LogP) is 2.14. The van der Waals surface area contributed by atoms with Gasteiger partial charge in [0, 0.05) is 18.7 Å². The lowest BCUT2D eigenvalue weighted by molar-refractivity contribution is -0.384. The maximum atomic E-state index is 12.0. The molecule has 0 radical (unpaired) electrons. The predicted molar refractivity (Wildman–Crippen MR) is 78.1 cm³/mol. The number of carboxylic acid groups (broad SMARTS) is 1. The summed E-state index contributed by atoms with van der Waals surface area (Å²) >= 11 is 0. The second kappa shape index (κ2) is 5.86. The fraction of sp³-hybridized carbons (Fsp3) is 0.467. The van der Waals surface area contributed by atoms with Gasteiger partial charge in [-0.05, 0) is 36.8 Å². The number of benzene rings is 1. The summed E-state index contributed by atoms with van der Waals surface area (Å²) in [5.41, 5.74) is 0.100. The largest absolute Gasteiger partial charge is 0.465 e. The molecule has 1 aromatic carbocycles. The average molecular weight is 320 g/mol. The van der Waals surface area contributed by atoms with Crippen LogP contribution in [0, 0.1) is 22.0 Å². The van der Waals surface area contributed by atoms with E-state index in [2.05, 4.69) is 0 Å². The number of piperidine rings is 1. The van der Waals surface area contributed by atoms with Crippen LogP contribution in [0.25, 0.3) is 0 Å². The lowest BCUT2D eigenvalue weighted by atomic mass is 10.0. The topological polar surface area (TPSA) is 110 Å². The number of non-ortho nitro benzene ring substituents is 1. The molecular weight excluding hydrogens is 304 g/mol. The minimum Gasteiger partial charge on any atom is -0.465 e. The van der Waals surface area contributed by atoms with Crippen LogP contribution >= 0.6 is 0 Å². The number of hydrogen-bond acceptors (Lipinski definition) is 5. The van der Waals surface area contributed by atoms with E-state index in [1.165, 1.54) is 29.2 Å². The molecule has 1 saturated carbocycles. The summed E-state index contributed by atoms with van der Waals surface area (Å²) in [4.78, 5) is 34.6. The molecule has 1 aromatic rings. The van der Waals surface area contributed by atoms with Crippen LogP contribution in [-0.2, 0) is 4.74 Å². The first-order valence-corrected chi connectivity index (χ1v) is 7.37. The number of nitro benzene ring substituents is 1. The lowest BCUT2D eigenvalue weighted by Crippen LogP contribution is -2.46. The highest BCUT2D eigenvalue weighted by atomic mass is 16.6. The van der Waals surface area contributed by atoms with Gasteiger partial charge >= 0.3 is 12.1 Å². The van der Waals surface area contributed by atoms with Gasteiger partial charge in [-0.1, -0.05) is 0 Å². The van der Waals surface area contributed by atoms with Crippen LogP contribution in [0.3, 0.4) is 0 Å². The molecule has 1 saturated heterocycles. The molecule has 3 unspecified atom stereocenters. The molecule has 8 nitrogen and oxygen atoms in total. The van der Waals surface area contributed by atoms with Gasteiger partial charge in [-0.15, -0.1) is 0 Å². The van der Waals surface area contributed by atoms with Gasteiger partial charge in [-0.3, -0.25) is 10.1 Å². The molecule has 8 heteroatoms. The minimum atomic E-state index is -0.994. The molecule has 1 amide bonds. The van der Waals surface area contributed by atoms with E-state index in [1.807, 2.05) is 0 Å². The monoisotopic (exact) mass is 320 g/mol. The zero-order chi connectivity index (χ0) is 16.6. The van der Waals surface area contributed by atoms with Crippen molar-refractivity contribution in [3.05, 3.63) is 39.9 Å².